The van der Waals surface area contributed by atoms with E-state index in [4.69, 9.17) is 23.1 Å². The van der Waals surface area contributed by atoms with Gasteiger partial charge >= 0.3 is 0 Å². The number of hydrogen-bond donors (Lipinski definition) is 2. The first-order valence-electron chi connectivity index (χ1n) is 5.34. The van der Waals surface area contributed by atoms with Crippen molar-refractivity contribution in [3.05, 3.63) is 40.2 Å². The van der Waals surface area contributed by atoms with Gasteiger partial charge in [-0.15, -0.1) is 0 Å². The van der Waals surface area contributed by atoms with Gasteiger partial charge in [0.25, 0.3) is 5.91 Å². The molecule has 1 aromatic carbocycles. The van der Waals surface area contributed by atoms with Crippen molar-refractivity contribution >= 4 is 23.2 Å². The van der Waals surface area contributed by atoms with Crippen molar-refractivity contribution in [1.82, 2.24) is 9.78 Å². The molecule has 18 heavy (non-hydrogen) atoms. The van der Waals surface area contributed by atoms with Gasteiger partial charge in [-0.25, -0.2) is 4.68 Å². The average Bonchev–Trinajstić information content (AvgIpc) is 2.56. The molecular weight excluding hydrogens is 252 g/mol. The number of nitrogens with two attached hydrogens (primary N) is 2. The molecule has 6 heteroatoms. The van der Waals surface area contributed by atoms with Crippen LogP contribution in [-0.4, -0.2) is 15.7 Å². The standard InChI is InChI=1S/C12H13ClN4O/c1-6-11(14)7(2)17(16-6)9-5-3-4-8(13)10(9)12(15)18/h3-5H,14H2,1-2H3,(H2,15,18). The smallest absolute Gasteiger partial charge is 0.252 e. The fourth-order valence-electron chi connectivity index (χ4n) is 1.82. The summed E-state index contributed by atoms with van der Waals surface area (Å²) in [7, 11) is 0. The summed E-state index contributed by atoms with van der Waals surface area (Å²) in [4.78, 5) is 11.5. The van der Waals surface area contributed by atoms with Crippen LogP contribution in [0.25, 0.3) is 5.69 Å². The third-order valence-electron chi connectivity index (χ3n) is 2.81. The van der Waals surface area contributed by atoms with Crippen molar-refractivity contribution in [1.29, 1.82) is 0 Å². The van der Waals surface area contributed by atoms with Gasteiger partial charge in [0.15, 0.2) is 0 Å². The van der Waals surface area contributed by atoms with Crippen molar-refractivity contribution in [2.24, 2.45) is 5.73 Å². The van der Waals surface area contributed by atoms with Crippen LogP contribution in [0, 0.1) is 13.8 Å². The number of aryl methyl sites for hydroxylation is 1. The molecule has 0 saturated heterocycles. The Morgan fingerprint density at radius 2 is 2.06 bits per heavy atom. The minimum absolute atomic E-state index is 0.241. The zero-order chi connectivity index (χ0) is 13.4. The van der Waals surface area contributed by atoms with Gasteiger partial charge in [-0.05, 0) is 26.0 Å². The summed E-state index contributed by atoms with van der Waals surface area (Å²) in [5.41, 5.74) is 14.0. The van der Waals surface area contributed by atoms with Crippen molar-refractivity contribution in [2.75, 3.05) is 5.73 Å². The molecule has 1 aromatic heterocycles. The Hall–Kier alpha value is -2.01. The predicted molar refractivity (Wildman–Crippen MR) is 71.0 cm³/mol. The highest BCUT2D eigenvalue weighted by Crippen LogP contribution is 2.26. The lowest BCUT2D eigenvalue weighted by atomic mass is 10.1. The van der Waals surface area contributed by atoms with E-state index in [-0.39, 0.29) is 5.56 Å². The van der Waals surface area contributed by atoms with E-state index in [2.05, 4.69) is 5.10 Å². The molecule has 0 unspecified atom stereocenters. The number of hydrogen-bond acceptors (Lipinski definition) is 3. The van der Waals surface area contributed by atoms with Crippen LogP contribution in [0.2, 0.25) is 5.02 Å². The van der Waals surface area contributed by atoms with Crippen LogP contribution >= 0.6 is 11.6 Å². The first-order valence-corrected chi connectivity index (χ1v) is 5.71. The molecule has 0 aliphatic rings. The summed E-state index contributed by atoms with van der Waals surface area (Å²) in [6.45, 7) is 3.62. The SMILES string of the molecule is Cc1nn(-c2cccc(Cl)c2C(N)=O)c(C)c1N. The van der Waals surface area contributed by atoms with Gasteiger partial charge in [-0.1, -0.05) is 17.7 Å². The monoisotopic (exact) mass is 264 g/mol. The Balaban J connectivity index is 2.75. The molecule has 0 atom stereocenters. The quantitative estimate of drug-likeness (QED) is 0.867. The largest absolute Gasteiger partial charge is 0.396 e. The second-order valence-corrected chi connectivity index (χ2v) is 4.40. The fraction of sp³-hybridized carbons (Fsp3) is 0.167. The number of nitrogen functional groups attached to an aromatic ring is 1. The maximum Gasteiger partial charge on any atom is 0.252 e. The zero-order valence-electron chi connectivity index (χ0n) is 10.1. The van der Waals surface area contributed by atoms with Crippen LogP contribution in [0.15, 0.2) is 18.2 Å². The maximum absolute atomic E-state index is 11.5. The third-order valence-corrected chi connectivity index (χ3v) is 3.13. The summed E-state index contributed by atoms with van der Waals surface area (Å²) in [5.74, 6) is -0.596. The molecule has 0 radical (unpaired) electrons. The van der Waals surface area contributed by atoms with Crippen LogP contribution in [0.1, 0.15) is 21.7 Å². The number of carbonyl (C=O) groups is 1. The number of rotatable bonds is 2. The second kappa shape index (κ2) is 4.34. The second-order valence-electron chi connectivity index (χ2n) is 3.99. The summed E-state index contributed by atoms with van der Waals surface area (Å²) in [6.07, 6.45) is 0. The van der Waals surface area contributed by atoms with Crippen LogP contribution in [0.5, 0.6) is 0 Å². The number of amides is 1. The molecule has 1 heterocycles. The van der Waals surface area contributed by atoms with E-state index in [9.17, 15) is 4.79 Å². The molecular formula is C12H13ClN4O. The molecule has 0 aliphatic carbocycles. The molecule has 5 nitrogen and oxygen atoms in total. The Morgan fingerprint density at radius 1 is 1.39 bits per heavy atom. The molecule has 2 aromatic rings. The number of carbonyl (C=O) groups excluding carboxylic acids is 1. The Labute approximate surface area is 109 Å². The summed E-state index contributed by atoms with van der Waals surface area (Å²) in [5, 5.41) is 4.59. The Kier molecular flexibility index (Phi) is 3.00. The number of benzene rings is 1. The van der Waals surface area contributed by atoms with Gasteiger partial charge < -0.3 is 11.5 Å². The van der Waals surface area contributed by atoms with Gasteiger partial charge in [0.1, 0.15) is 0 Å². The number of anilines is 1. The zero-order valence-corrected chi connectivity index (χ0v) is 10.8. The molecule has 1 amide bonds. The van der Waals surface area contributed by atoms with Gasteiger partial charge in [0, 0.05) is 0 Å². The first-order chi connectivity index (χ1) is 8.43. The maximum atomic E-state index is 11.5. The van der Waals surface area contributed by atoms with Crippen molar-refractivity contribution < 1.29 is 4.79 Å². The molecule has 0 bridgehead atoms. The lowest BCUT2D eigenvalue weighted by Crippen LogP contribution is -2.16. The predicted octanol–water partition coefficient (Wildman–Crippen LogP) is 1.82. The number of aromatic nitrogens is 2. The highest BCUT2D eigenvalue weighted by molar-refractivity contribution is 6.34. The van der Waals surface area contributed by atoms with Crippen molar-refractivity contribution in [3.63, 3.8) is 0 Å². The number of primary amides is 1. The minimum Gasteiger partial charge on any atom is -0.396 e. The van der Waals surface area contributed by atoms with Crippen LogP contribution < -0.4 is 11.5 Å². The van der Waals surface area contributed by atoms with E-state index in [0.29, 0.717) is 22.1 Å². The molecule has 4 N–H and O–H groups in total. The van der Waals surface area contributed by atoms with Crippen molar-refractivity contribution in [3.8, 4) is 5.69 Å². The molecule has 2 rings (SSSR count). The van der Waals surface area contributed by atoms with Crippen LogP contribution in [-0.2, 0) is 0 Å². The summed E-state index contributed by atoms with van der Waals surface area (Å²) >= 11 is 6.00. The minimum atomic E-state index is -0.596. The molecule has 0 fully saturated rings. The molecule has 94 valence electrons. The Bertz CT molecular complexity index is 633. The molecule has 0 spiro atoms. The van der Waals surface area contributed by atoms with E-state index in [0.717, 1.165) is 5.69 Å². The lowest BCUT2D eigenvalue weighted by molar-refractivity contribution is 0.100. The van der Waals surface area contributed by atoms with E-state index in [1.165, 1.54) is 0 Å². The summed E-state index contributed by atoms with van der Waals surface area (Å²) in [6, 6.07) is 5.07. The van der Waals surface area contributed by atoms with Gasteiger partial charge in [-0.2, -0.15) is 5.10 Å². The third kappa shape index (κ3) is 1.82. The molecule has 0 saturated carbocycles. The Morgan fingerprint density at radius 3 is 2.56 bits per heavy atom. The van der Waals surface area contributed by atoms with E-state index in [1.807, 2.05) is 6.92 Å². The van der Waals surface area contributed by atoms with Gasteiger partial charge in [-0.3, -0.25) is 4.79 Å². The van der Waals surface area contributed by atoms with E-state index < -0.39 is 5.91 Å². The van der Waals surface area contributed by atoms with Crippen LogP contribution in [0.3, 0.4) is 0 Å². The van der Waals surface area contributed by atoms with Crippen molar-refractivity contribution in [2.45, 2.75) is 13.8 Å². The topological polar surface area (TPSA) is 86.9 Å². The average molecular weight is 265 g/mol. The van der Waals surface area contributed by atoms with E-state index >= 15 is 0 Å². The van der Waals surface area contributed by atoms with Gasteiger partial charge in [0.05, 0.1) is 33.3 Å². The molecule has 0 aliphatic heterocycles. The number of nitrogens with zero attached hydrogens (tertiary/aromatic N) is 2. The highest BCUT2D eigenvalue weighted by Gasteiger charge is 2.17. The lowest BCUT2D eigenvalue weighted by Gasteiger charge is -2.10. The highest BCUT2D eigenvalue weighted by atomic mass is 35.5. The van der Waals surface area contributed by atoms with Gasteiger partial charge in [0.2, 0.25) is 0 Å². The normalized spacial score (nSPS) is 10.6. The van der Waals surface area contributed by atoms with E-state index in [1.54, 1.807) is 29.8 Å². The first kappa shape index (κ1) is 12.4. The number of halogens is 1. The van der Waals surface area contributed by atoms with Crippen LogP contribution in [0.4, 0.5) is 5.69 Å². The fourth-order valence-corrected chi connectivity index (χ4v) is 2.09. The summed E-state index contributed by atoms with van der Waals surface area (Å²) < 4.78 is 1.58.